The number of rotatable bonds is 4. The Kier molecular flexibility index (Phi) is 4.10. The fourth-order valence-corrected chi connectivity index (χ4v) is 3.29. The Morgan fingerprint density at radius 1 is 1.15 bits per heavy atom. The smallest absolute Gasteiger partial charge is 0.257 e. The van der Waals surface area contributed by atoms with E-state index in [0.717, 1.165) is 16.1 Å². The van der Waals surface area contributed by atoms with Crippen LogP contribution in [0.4, 0.5) is 5.82 Å². The Morgan fingerprint density at radius 2 is 1.96 bits per heavy atom. The molecule has 4 aromatic rings. The van der Waals surface area contributed by atoms with Crippen LogP contribution in [0.2, 0.25) is 0 Å². The molecule has 3 heterocycles. The third-order valence-electron chi connectivity index (χ3n) is 3.75. The maximum absolute atomic E-state index is 12.4. The number of carbonyl (C=O) groups excluding carboxylic acids is 1. The minimum Gasteiger partial charge on any atom is -0.334 e. The average Bonchev–Trinajstić information content (AvgIpc) is 3.36. The SMILES string of the molecule is Cc1noc(-c2ccc(C(=O)Nc3cc(-c4ccc(C)s4)[nH]n3)cc2)n1. The zero-order chi connectivity index (χ0) is 18.1. The van der Waals surface area contributed by atoms with E-state index in [1.807, 2.05) is 25.1 Å². The Bertz CT molecular complexity index is 1060. The van der Waals surface area contributed by atoms with Crippen LogP contribution in [0.25, 0.3) is 22.0 Å². The van der Waals surface area contributed by atoms with E-state index in [1.165, 1.54) is 4.88 Å². The average molecular weight is 365 g/mol. The molecule has 0 aliphatic heterocycles. The largest absolute Gasteiger partial charge is 0.334 e. The van der Waals surface area contributed by atoms with Gasteiger partial charge >= 0.3 is 0 Å². The Hall–Kier alpha value is -3.26. The van der Waals surface area contributed by atoms with Gasteiger partial charge in [-0.1, -0.05) is 5.16 Å². The number of nitrogens with one attached hydrogen (secondary N) is 2. The topological polar surface area (TPSA) is 96.7 Å². The number of thiophene rings is 1. The van der Waals surface area contributed by atoms with Gasteiger partial charge in [0.1, 0.15) is 0 Å². The van der Waals surface area contributed by atoms with Gasteiger partial charge in [0, 0.05) is 22.1 Å². The lowest BCUT2D eigenvalue weighted by Crippen LogP contribution is -2.11. The standard InChI is InChI=1S/C18H15N5O2S/c1-10-3-8-15(26-10)14-9-16(22-21-14)20-17(24)12-4-6-13(7-5-12)18-19-11(2)23-25-18/h3-9H,1-2H3,(H2,20,21,22,24). The summed E-state index contributed by atoms with van der Waals surface area (Å²) in [5, 5.41) is 13.6. The molecule has 4 rings (SSSR count). The molecule has 0 radical (unpaired) electrons. The molecule has 0 saturated carbocycles. The number of aromatic nitrogens is 4. The van der Waals surface area contributed by atoms with Crippen molar-refractivity contribution in [1.29, 1.82) is 0 Å². The van der Waals surface area contributed by atoms with Gasteiger partial charge in [0.25, 0.3) is 11.8 Å². The Morgan fingerprint density at radius 3 is 2.62 bits per heavy atom. The van der Waals surface area contributed by atoms with Gasteiger partial charge in [-0.2, -0.15) is 10.1 Å². The molecule has 0 spiro atoms. The van der Waals surface area contributed by atoms with Gasteiger partial charge in [-0.05, 0) is 50.2 Å². The third-order valence-corrected chi connectivity index (χ3v) is 4.78. The van der Waals surface area contributed by atoms with E-state index in [4.69, 9.17) is 4.52 Å². The molecule has 2 N–H and O–H groups in total. The van der Waals surface area contributed by atoms with E-state index >= 15 is 0 Å². The molecule has 0 aliphatic carbocycles. The van der Waals surface area contributed by atoms with Crippen LogP contribution in [0.1, 0.15) is 21.1 Å². The monoisotopic (exact) mass is 365 g/mol. The van der Waals surface area contributed by atoms with Crippen molar-refractivity contribution in [2.75, 3.05) is 5.32 Å². The van der Waals surface area contributed by atoms with Crippen LogP contribution in [0.5, 0.6) is 0 Å². The van der Waals surface area contributed by atoms with E-state index < -0.39 is 0 Å². The van der Waals surface area contributed by atoms with Crippen LogP contribution in [0.15, 0.2) is 47.0 Å². The summed E-state index contributed by atoms with van der Waals surface area (Å²) in [6.07, 6.45) is 0. The van der Waals surface area contributed by atoms with Gasteiger partial charge in [0.2, 0.25) is 0 Å². The minimum atomic E-state index is -0.237. The van der Waals surface area contributed by atoms with Crippen LogP contribution < -0.4 is 5.32 Å². The number of nitrogens with zero attached hydrogens (tertiary/aromatic N) is 3. The lowest BCUT2D eigenvalue weighted by Gasteiger charge is -2.02. The highest BCUT2D eigenvalue weighted by atomic mass is 32.1. The first-order valence-corrected chi connectivity index (χ1v) is 8.74. The quantitative estimate of drug-likeness (QED) is 0.568. The molecule has 0 aliphatic rings. The highest BCUT2D eigenvalue weighted by molar-refractivity contribution is 7.15. The van der Waals surface area contributed by atoms with E-state index in [-0.39, 0.29) is 5.91 Å². The van der Waals surface area contributed by atoms with Gasteiger partial charge in [-0.15, -0.1) is 11.3 Å². The number of aromatic amines is 1. The van der Waals surface area contributed by atoms with E-state index in [0.29, 0.717) is 23.1 Å². The van der Waals surface area contributed by atoms with Crippen molar-refractivity contribution in [2.24, 2.45) is 0 Å². The Labute approximate surface area is 153 Å². The van der Waals surface area contributed by atoms with Gasteiger partial charge in [0.05, 0.1) is 10.6 Å². The summed E-state index contributed by atoms with van der Waals surface area (Å²) in [7, 11) is 0. The number of benzene rings is 1. The molecule has 0 atom stereocenters. The maximum Gasteiger partial charge on any atom is 0.257 e. The second kappa shape index (κ2) is 6.57. The molecule has 8 heteroatoms. The lowest BCUT2D eigenvalue weighted by molar-refractivity contribution is 0.102. The summed E-state index contributed by atoms with van der Waals surface area (Å²) in [6.45, 7) is 3.80. The fourth-order valence-electron chi connectivity index (χ4n) is 2.46. The molecule has 0 fully saturated rings. The summed E-state index contributed by atoms with van der Waals surface area (Å²) in [5.74, 6) is 1.24. The number of hydrogen-bond donors (Lipinski definition) is 2. The molecule has 26 heavy (non-hydrogen) atoms. The molecule has 3 aromatic heterocycles. The van der Waals surface area contributed by atoms with Crippen molar-refractivity contribution in [3.8, 4) is 22.0 Å². The van der Waals surface area contributed by atoms with E-state index in [9.17, 15) is 4.79 Å². The molecule has 0 saturated heterocycles. The van der Waals surface area contributed by atoms with Crippen LogP contribution in [0.3, 0.4) is 0 Å². The number of anilines is 1. The van der Waals surface area contributed by atoms with Crippen molar-refractivity contribution in [1.82, 2.24) is 20.3 Å². The number of H-pyrrole nitrogens is 1. The summed E-state index contributed by atoms with van der Waals surface area (Å²) in [4.78, 5) is 18.9. The van der Waals surface area contributed by atoms with Crippen LogP contribution >= 0.6 is 11.3 Å². The van der Waals surface area contributed by atoms with Crippen molar-refractivity contribution in [2.45, 2.75) is 13.8 Å². The zero-order valence-electron chi connectivity index (χ0n) is 14.1. The van der Waals surface area contributed by atoms with Crippen molar-refractivity contribution >= 4 is 23.1 Å². The van der Waals surface area contributed by atoms with Gasteiger partial charge in [0.15, 0.2) is 11.6 Å². The molecular formula is C18H15N5O2S. The van der Waals surface area contributed by atoms with Crippen molar-refractivity contribution in [3.63, 3.8) is 0 Å². The van der Waals surface area contributed by atoms with Gasteiger partial charge in [-0.3, -0.25) is 9.89 Å². The highest BCUT2D eigenvalue weighted by Gasteiger charge is 2.12. The first kappa shape index (κ1) is 16.2. The van der Waals surface area contributed by atoms with Crippen molar-refractivity contribution in [3.05, 3.63) is 58.7 Å². The number of carbonyl (C=O) groups is 1. The predicted octanol–water partition coefficient (Wildman–Crippen LogP) is 4.06. The first-order valence-electron chi connectivity index (χ1n) is 7.93. The molecule has 0 unspecified atom stereocenters. The van der Waals surface area contributed by atoms with E-state index in [1.54, 1.807) is 42.5 Å². The van der Waals surface area contributed by atoms with Crippen LogP contribution in [-0.2, 0) is 0 Å². The van der Waals surface area contributed by atoms with Gasteiger partial charge < -0.3 is 9.84 Å². The summed E-state index contributed by atoms with van der Waals surface area (Å²) >= 11 is 1.67. The second-order valence-corrected chi connectivity index (χ2v) is 7.04. The fraction of sp³-hybridized carbons (Fsp3) is 0.111. The second-order valence-electron chi connectivity index (χ2n) is 5.76. The number of amides is 1. The Balaban J connectivity index is 1.47. The van der Waals surface area contributed by atoms with Gasteiger partial charge in [-0.25, -0.2) is 0 Å². The minimum absolute atomic E-state index is 0.237. The summed E-state index contributed by atoms with van der Waals surface area (Å²) in [6, 6.07) is 12.8. The molecular weight excluding hydrogens is 350 g/mol. The van der Waals surface area contributed by atoms with Crippen molar-refractivity contribution < 1.29 is 9.32 Å². The molecule has 130 valence electrons. The van der Waals surface area contributed by atoms with Crippen LogP contribution in [0, 0.1) is 13.8 Å². The first-order chi connectivity index (χ1) is 12.6. The molecule has 0 bridgehead atoms. The predicted molar refractivity (Wildman–Crippen MR) is 99.1 cm³/mol. The molecule has 1 amide bonds. The normalized spacial score (nSPS) is 10.8. The number of hydrogen-bond acceptors (Lipinski definition) is 6. The third kappa shape index (κ3) is 3.27. The summed E-state index contributed by atoms with van der Waals surface area (Å²) in [5.41, 5.74) is 2.15. The summed E-state index contributed by atoms with van der Waals surface area (Å²) < 4.78 is 5.12. The van der Waals surface area contributed by atoms with E-state index in [2.05, 4.69) is 25.7 Å². The molecule has 7 nitrogen and oxygen atoms in total. The lowest BCUT2D eigenvalue weighted by atomic mass is 10.1. The zero-order valence-corrected chi connectivity index (χ0v) is 14.9. The van der Waals surface area contributed by atoms with Crippen LogP contribution in [-0.4, -0.2) is 26.2 Å². The molecule has 1 aromatic carbocycles. The highest BCUT2D eigenvalue weighted by Crippen LogP contribution is 2.27. The maximum atomic E-state index is 12.4. The number of aryl methyl sites for hydroxylation is 2.